The number of hydrogen-bond acceptors (Lipinski definition) is 3. The van der Waals surface area contributed by atoms with Gasteiger partial charge in [-0.05, 0) is 40.7 Å². The molecule has 1 fully saturated rings. The Morgan fingerprint density at radius 3 is 2.10 bits per heavy atom. The SMILES string of the molecule is CCCCCCCCc1cccc2c1C1c3ccccc3C2C2C(=O)OC(=O)C12. The van der Waals surface area contributed by atoms with Gasteiger partial charge < -0.3 is 4.74 Å². The van der Waals surface area contributed by atoms with E-state index in [0.29, 0.717) is 0 Å². The van der Waals surface area contributed by atoms with Crippen molar-refractivity contribution in [2.24, 2.45) is 11.8 Å². The van der Waals surface area contributed by atoms with E-state index in [9.17, 15) is 9.59 Å². The fourth-order valence-corrected chi connectivity index (χ4v) is 5.97. The summed E-state index contributed by atoms with van der Waals surface area (Å²) in [7, 11) is 0. The molecule has 1 heterocycles. The molecule has 0 spiro atoms. The number of carbonyl (C=O) groups is 2. The predicted molar refractivity (Wildman–Crippen MR) is 112 cm³/mol. The molecule has 1 aliphatic heterocycles. The zero-order valence-electron chi connectivity index (χ0n) is 17.0. The average molecular weight is 389 g/mol. The van der Waals surface area contributed by atoms with Gasteiger partial charge in [0.05, 0.1) is 11.8 Å². The zero-order valence-corrected chi connectivity index (χ0v) is 17.0. The van der Waals surface area contributed by atoms with E-state index < -0.39 is 0 Å². The second kappa shape index (κ2) is 7.44. The largest absolute Gasteiger partial charge is 0.393 e. The lowest BCUT2D eigenvalue weighted by molar-refractivity contribution is -0.153. The number of unbranched alkanes of at least 4 members (excludes halogenated alkanes) is 5. The van der Waals surface area contributed by atoms with Gasteiger partial charge in [-0.15, -0.1) is 0 Å². The number of hydrogen-bond donors (Lipinski definition) is 0. The number of rotatable bonds is 7. The van der Waals surface area contributed by atoms with Crippen molar-refractivity contribution in [3.8, 4) is 0 Å². The summed E-state index contributed by atoms with van der Waals surface area (Å²) in [5, 5.41) is 0. The molecule has 3 nitrogen and oxygen atoms in total. The normalized spacial score (nSPS) is 26.1. The second-order valence-electron chi connectivity index (χ2n) is 8.81. The number of ether oxygens (including phenoxy) is 1. The predicted octanol–water partition coefficient (Wildman–Crippen LogP) is 5.50. The van der Waals surface area contributed by atoms with E-state index in [1.807, 2.05) is 12.1 Å². The first-order valence-electron chi connectivity index (χ1n) is 11.2. The maximum Gasteiger partial charge on any atom is 0.318 e. The fraction of sp³-hybridized carbons (Fsp3) is 0.462. The number of benzene rings is 2. The third-order valence-electron chi connectivity index (χ3n) is 7.19. The van der Waals surface area contributed by atoms with Gasteiger partial charge in [0.15, 0.2) is 0 Å². The zero-order chi connectivity index (χ0) is 20.0. The Morgan fingerprint density at radius 1 is 0.724 bits per heavy atom. The molecule has 4 aliphatic rings. The first kappa shape index (κ1) is 18.6. The minimum atomic E-state index is -0.362. The molecule has 0 saturated carbocycles. The van der Waals surface area contributed by atoms with E-state index in [4.69, 9.17) is 4.74 Å². The maximum absolute atomic E-state index is 12.7. The van der Waals surface area contributed by atoms with Gasteiger partial charge in [-0.25, -0.2) is 0 Å². The van der Waals surface area contributed by atoms with Crippen LogP contribution in [0.2, 0.25) is 0 Å². The summed E-state index contributed by atoms with van der Waals surface area (Å²) in [6.45, 7) is 2.25. The van der Waals surface area contributed by atoms with Crippen molar-refractivity contribution >= 4 is 11.9 Å². The molecule has 29 heavy (non-hydrogen) atoms. The van der Waals surface area contributed by atoms with Crippen molar-refractivity contribution in [3.05, 3.63) is 70.3 Å². The van der Waals surface area contributed by atoms with Gasteiger partial charge >= 0.3 is 11.9 Å². The molecular weight excluding hydrogens is 360 g/mol. The van der Waals surface area contributed by atoms with Crippen LogP contribution >= 0.6 is 0 Å². The van der Waals surface area contributed by atoms with Crippen LogP contribution in [0.15, 0.2) is 42.5 Å². The van der Waals surface area contributed by atoms with Crippen LogP contribution in [0, 0.1) is 11.8 Å². The Balaban J connectivity index is 1.51. The maximum atomic E-state index is 12.7. The lowest BCUT2D eigenvalue weighted by Gasteiger charge is -2.46. The molecule has 3 heteroatoms. The molecule has 1 saturated heterocycles. The molecule has 0 radical (unpaired) electrons. The van der Waals surface area contributed by atoms with Crippen molar-refractivity contribution in [2.75, 3.05) is 0 Å². The lowest BCUT2D eigenvalue weighted by Crippen LogP contribution is -2.42. The topological polar surface area (TPSA) is 43.4 Å². The van der Waals surface area contributed by atoms with E-state index in [2.05, 4.69) is 37.3 Å². The highest BCUT2D eigenvalue weighted by Crippen LogP contribution is 2.61. The van der Waals surface area contributed by atoms with Gasteiger partial charge in [0.1, 0.15) is 0 Å². The molecule has 2 bridgehead atoms. The highest BCUT2D eigenvalue weighted by molar-refractivity contribution is 6.00. The van der Waals surface area contributed by atoms with Gasteiger partial charge in [-0.2, -0.15) is 0 Å². The minimum absolute atomic E-state index is 0.0496. The second-order valence-corrected chi connectivity index (χ2v) is 8.81. The van der Waals surface area contributed by atoms with Gasteiger partial charge in [-0.1, -0.05) is 81.5 Å². The molecule has 2 aromatic carbocycles. The van der Waals surface area contributed by atoms with E-state index >= 15 is 0 Å². The van der Waals surface area contributed by atoms with Crippen LogP contribution in [0.3, 0.4) is 0 Å². The number of esters is 2. The van der Waals surface area contributed by atoms with Crippen LogP contribution in [-0.4, -0.2) is 11.9 Å². The van der Waals surface area contributed by atoms with E-state index in [0.717, 1.165) is 6.42 Å². The Labute approximate surface area is 172 Å². The van der Waals surface area contributed by atoms with Crippen LogP contribution in [-0.2, 0) is 20.7 Å². The van der Waals surface area contributed by atoms with Gasteiger partial charge in [0.2, 0.25) is 0 Å². The Hall–Kier alpha value is -2.42. The summed E-state index contributed by atoms with van der Waals surface area (Å²) in [5.41, 5.74) is 6.32. The summed E-state index contributed by atoms with van der Waals surface area (Å²) in [5.74, 6) is -1.49. The quantitative estimate of drug-likeness (QED) is 0.357. The average Bonchev–Trinajstić information content (AvgIpc) is 3.05. The van der Waals surface area contributed by atoms with Crippen molar-refractivity contribution in [1.29, 1.82) is 0 Å². The molecule has 6 rings (SSSR count). The highest BCUT2D eigenvalue weighted by Gasteiger charge is 2.60. The van der Waals surface area contributed by atoms with E-state index in [1.54, 1.807) is 0 Å². The van der Waals surface area contributed by atoms with E-state index in [-0.39, 0.29) is 35.6 Å². The Bertz CT molecular complexity index is 960. The molecule has 0 aromatic heterocycles. The standard InChI is InChI=1S/C26H28O3/c1-2-3-4-5-6-7-11-16-12-10-15-19-20(16)22-18-14-9-8-13-17(18)21(19)23-24(22)26(28)29-25(23)27/h8-10,12-15,21-24H,2-7,11H2,1H3. The highest BCUT2D eigenvalue weighted by atomic mass is 16.6. The molecule has 2 aromatic rings. The minimum Gasteiger partial charge on any atom is -0.393 e. The van der Waals surface area contributed by atoms with Crippen LogP contribution in [0.1, 0.15) is 85.1 Å². The number of carbonyl (C=O) groups excluding carboxylic acids is 2. The summed E-state index contributed by atoms with van der Waals surface area (Å²) in [4.78, 5) is 25.2. The molecule has 4 unspecified atom stereocenters. The lowest BCUT2D eigenvalue weighted by atomic mass is 9.54. The van der Waals surface area contributed by atoms with E-state index in [1.165, 1.54) is 66.3 Å². The molecule has 0 amide bonds. The van der Waals surface area contributed by atoms with Crippen LogP contribution in [0.4, 0.5) is 0 Å². The van der Waals surface area contributed by atoms with Crippen LogP contribution < -0.4 is 0 Å². The monoisotopic (exact) mass is 388 g/mol. The summed E-state index contributed by atoms with van der Waals surface area (Å²) in [6.07, 6.45) is 8.67. The molecule has 4 atom stereocenters. The fourth-order valence-electron chi connectivity index (χ4n) is 5.97. The van der Waals surface area contributed by atoms with Crippen LogP contribution in [0.5, 0.6) is 0 Å². The first-order chi connectivity index (χ1) is 14.2. The van der Waals surface area contributed by atoms with Crippen molar-refractivity contribution in [3.63, 3.8) is 0 Å². The third-order valence-corrected chi connectivity index (χ3v) is 7.19. The smallest absolute Gasteiger partial charge is 0.318 e. The molecule has 150 valence electrons. The summed E-state index contributed by atoms with van der Waals surface area (Å²) >= 11 is 0. The first-order valence-corrected chi connectivity index (χ1v) is 11.2. The summed E-state index contributed by atoms with van der Waals surface area (Å²) in [6, 6.07) is 14.9. The van der Waals surface area contributed by atoms with Gasteiger partial charge in [0.25, 0.3) is 0 Å². The molecule has 0 N–H and O–H groups in total. The molecular formula is C26H28O3. The third kappa shape index (κ3) is 2.86. The van der Waals surface area contributed by atoms with Crippen LogP contribution in [0.25, 0.3) is 0 Å². The van der Waals surface area contributed by atoms with Crippen molar-refractivity contribution in [2.45, 2.75) is 63.7 Å². The molecule has 3 aliphatic carbocycles. The van der Waals surface area contributed by atoms with Crippen molar-refractivity contribution in [1.82, 2.24) is 0 Å². The van der Waals surface area contributed by atoms with Crippen molar-refractivity contribution < 1.29 is 14.3 Å². The van der Waals surface area contributed by atoms with Gasteiger partial charge in [-0.3, -0.25) is 9.59 Å². The number of cyclic esters (lactones) is 2. The summed E-state index contributed by atoms with van der Waals surface area (Å²) < 4.78 is 5.15. The number of aryl methyl sites for hydroxylation is 1. The Morgan fingerprint density at radius 2 is 1.34 bits per heavy atom. The van der Waals surface area contributed by atoms with Gasteiger partial charge in [0, 0.05) is 11.8 Å². The Kier molecular flexibility index (Phi) is 4.77.